The number of anilines is 1. The zero-order valence-electron chi connectivity index (χ0n) is 12.7. The van der Waals surface area contributed by atoms with Crippen LogP contribution in [0.1, 0.15) is 25.7 Å². The topological polar surface area (TPSA) is 55.6 Å². The fraction of sp³-hybridized carbons (Fsp3) is 0.562. The van der Waals surface area contributed by atoms with Crippen molar-refractivity contribution in [1.82, 2.24) is 4.98 Å². The van der Waals surface area contributed by atoms with E-state index in [9.17, 15) is 9.18 Å². The molecule has 1 aromatic rings. The molecular weight excluding hydrogens is 321 g/mol. The summed E-state index contributed by atoms with van der Waals surface area (Å²) >= 11 is 5.90. The van der Waals surface area contributed by atoms with Crippen LogP contribution in [0.3, 0.4) is 0 Å². The third-order valence-electron chi connectivity index (χ3n) is 5.03. The van der Waals surface area contributed by atoms with Crippen LogP contribution in [0.5, 0.6) is 0 Å². The second-order valence-electron chi connectivity index (χ2n) is 6.13. The molecule has 1 unspecified atom stereocenters. The third-order valence-corrected chi connectivity index (χ3v) is 5.31. The van der Waals surface area contributed by atoms with Gasteiger partial charge < -0.3 is 10.1 Å². The molecule has 2 bridgehead atoms. The van der Waals surface area contributed by atoms with Crippen molar-refractivity contribution < 1.29 is 13.9 Å². The van der Waals surface area contributed by atoms with E-state index in [0.29, 0.717) is 0 Å². The highest BCUT2D eigenvalue weighted by Crippen LogP contribution is 2.46. The van der Waals surface area contributed by atoms with Gasteiger partial charge in [0.1, 0.15) is 5.15 Å². The van der Waals surface area contributed by atoms with Crippen molar-refractivity contribution in [2.75, 3.05) is 12.4 Å². The highest BCUT2D eigenvalue weighted by atomic mass is 35.5. The van der Waals surface area contributed by atoms with Gasteiger partial charge in [0.2, 0.25) is 5.69 Å². The number of methoxy groups -OCH3 is 1. The standard InChI is InChI=1S/C16H17ClFN3O2/c1-19-11-7-10(18)15(21-14(11)17)20-13-9-5-3-8(4-6-9)12(13)16(22)23-2/h7-9,12-13H,3-6H2,2H3,(H,20,21)/t8?,9?,12-,13?/m0/s1. The summed E-state index contributed by atoms with van der Waals surface area (Å²) in [4.78, 5) is 19.2. The molecule has 3 fully saturated rings. The van der Waals surface area contributed by atoms with Gasteiger partial charge in [-0.1, -0.05) is 11.6 Å². The van der Waals surface area contributed by atoms with Gasteiger partial charge in [-0.25, -0.2) is 14.2 Å². The summed E-state index contributed by atoms with van der Waals surface area (Å²) in [6.45, 7) is 6.94. The molecule has 122 valence electrons. The zero-order chi connectivity index (χ0) is 16.6. The Labute approximate surface area is 139 Å². The number of pyridine rings is 1. The Morgan fingerprint density at radius 1 is 1.43 bits per heavy atom. The van der Waals surface area contributed by atoms with Crippen LogP contribution in [0, 0.1) is 30.1 Å². The van der Waals surface area contributed by atoms with Crippen LogP contribution >= 0.6 is 11.6 Å². The first-order valence-corrected chi connectivity index (χ1v) is 8.00. The SMILES string of the molecule is [C-]#[N+]c1cc(F)c(NC2C3CCC(CC3)[C@@H]2C(=O)OC)nc1Cl. The zero-order valence-corrected chi connectivity index (χ0v) is 13.4. The van der Waals surface area contributed by atoms with Crippen molar-refractivity contribution in [2.45, 2.75) is 31.7 Å². The van der Waals surface area contributed by atoms with E-state index in [0.717, 1.165) is 31.7 Å². The molecule has 0 aliphatic heterocycles. The number of carbonyl (C=O) groups excluding carboxylic acids is 1. The van der Waals surface area contributed by atoms with Gasteiger partial charge in [-0.15, -0.1) is 0 Å². The number of fused-ring (bicyclic) bond motifs is 3. The number of rotatable bonds is 3. The second-order valence-corrected chi connectivity index (χ2v) is 6.49. The lowest BCUT2D eigenvalue weighted by molar-refractivity contribution is -0.152. The maximum absolute atomic E-state index is 14.2. The summed E-state index contributed by atoms with van der Waals surface area (Å²) in [6.07, 6.45) is 4.00. The first-order chi connectivity index (χ1) is 11.0. The molecule has 1 aromatic heterocycles. The Morgan fingerprint density at radius 2 is 2.09 bits per heavy atom. The summed E-state index contributed by atoms with van der Waals surface area (Å²) in [7, 11) is 1.38. The van der Waals surface area contributed by atoms with E-state index in [2.05, 4.69) is 15.1 Å². The smallest absolute Gasteiger partial charge is 0.311 e. The van der Waals surface area contributed by atoms with Crippen LogP contribution in [0.2, 0.25) is 5.15 Å². The van der Waals surface area contributed by atoms with E-state index < -0.39 is 5.82 Å². The third kappa shape index (κ3) is 2.86. The van der Waals surface area contributed by atoms with Crippen molar-refractivity contribution in [3.63, 3.8) is 0 Å². The Bertz CT molecular complexity index is 668. The molecule has 1 N–H and O–H groups in total. The lowest BCUT2D eigenvalue weighted by Gasteiger charge is -2.47. The number of aromatic nitrogens is 1. The van der Waals surface area contributed by atoms with Crippen molar-refractivity contribution in [3.8, 4) is 0 Å². The van der Waals surface area contributed by atoms with Gasteiger partial charge >= 0.3 is 5.97 Å². The lowest BCUT2D eigenvalue weighted by atomic mass is 9.61. The monoisotopic (exact) mass is 337 g/mol. The molecule has 3 aliphatic carbocycles. The van der Waals surface area contributed by atoms with Gasteiger partial charge in [0, 0.05) is 6.04 Å². The number of hydrogen-bond acceptors (Lipinski definition) is 4. The Hall–Kier alpha value is -1.87. The van der Waals surface area contributed by atoms with Gasteiger partial charge in [-0.05, 0) is 43.6 Å². The first-order valence-electron chi connectivity index (χ1n) is 7.63. The number of ether oxygens (including phenoxy) is 1. The summed E-state index contributed by atoms with van der Waals surface area (Å²) in [5, 5.41) is 3.02. The van der Waals surface area contributed by atoms with Crippen LogP contribution in [-0.2, 0) is 9.53 Å². The summed E-state index contributed by atoms with van der Waals surface area (Å²) in [5.41, 5.74) is -0.0237. The molecule has 0 saturated heterocycles. The van der Waals surface area contributed by atoms with E-state index in [-0.39, 0.29) is 46.4 Å². The Balaban J connectivity index is 1.90. The van der Waals surface area contributed by atoms with E-state index in [4.69, 9.17) is 22.9 Å². The minimum atomic E-state index is -0.634. The minimum absolute atomic E-state index is 0.00569. The first kappa shape index (κ1) is 16.0. The molecule has 0 spiro atoms. The van der Waals surface area contributed by atoms with Crippen molar-refractivity contribution in [2.24, 2.45) is 17.8 Å². The molecule has 0 radical (unpaired) electrons. The number of halogens is 2. The predicted molar refractivity (Wildman–Crippen MR) is 83.8 cm³/mol. The van der Waals surface area contributed by atoms with E-state index >= 15 is 0 Å². The number of esters is 1. The van der Waals surface area contributed by atoms with E-state index in [1.54, 1.807) is 0 Å². The maximum atomic E-state index is 14.2. The fourth-order valence-corrected chi connectivity index (χ4v) is 4.11. The molecule has 7 heteroatoms. The number of carbonyl (C=O) groups is 1. The molecule has 2 atom stereocenters. The molecule has 23 heavy (non-hydrogen) atoms. The maximum Gasteiger partial charge on any atom is 0.311 e. The Morgan fingerprint density at radius 3 is 2.70 bits per heavy atom. The number of hydrogen-bond donors (Lipinski definition) is 1. The van der Waals surface area contributed by atoms with E-state index in [1.165, 1.54) is 7.11 Å². The summed E-state index contributed by atoms with van der Waals surface area (Å²) in [6, 6.07) is 0.852. The van der Waals surface area contributed by atoms with Gasteiger partial charge in [-0.2, -0.15) is 0 Å². The van der Waals surface area contributed by atoms with Crippen LogP contribution in [-0.4, -0.2) is 24.1 Å². The van der Waals surface area contributed by atoms with Crippen LogP contribution < -0.4 is 5.32 Å². The highest BCUT2D eigenvalue weighted by Gasteiger charge is 2.48. The second kappa shape index (κ2) is 6.32. The van der Waals surface area contributed by atoms with Gasteiger partial charge in [0.25, 0.3) is 0 Å². The molecule has 1 heterocycles. The summed E-state index contributed by atoms with van der Waals surface area (Å²) in [5.74, 6) is -0.663. The fourth-order valence-electron chi connectivity index (χ4n) is 3.93. The molecule has 3 aliphatic rings. The number of nitrogens with one attached hydrogen (secondary N) is 1. The molecule has 4 rings (SSSR count). The van der Waals surface area contributed by atoms with Crippen molar-refractivity contribution >= 4 is 29.1 Å². The van der Waals surface area contributed by atoms with Gasteiger partial charge in [-0.3, -0.25) is 4.79 Å². The normalized spacial score (nSPS) is 29.0. The lowest BCUT2D eigenvalue weighted by Crippen LogP contribution is -2.52. The Kier molecular flexibility index (Phi) is 4.40. The van der Waals surface area contributed by atoms with Crippen LogP contribution in [0.4, 0.5) is 15.9 Å². The van der Waals surface area contributed by atoms with Gasteiger partial charge in [0.05, 0.1) is 19.6 Å². The molecular formula is C16H17ClFN3O2. The van der Waals surface area contributed by atoms with Crippen LogP contribution in [0.15, 0.2) is 6.07 Å². The van der Waals surface area contributed by atoms with Gasteiger partial charge in [0.15, 0.2) is 11.6 Å². The quantitative estimate of drug-likeness (QED) is 0.517. The molecule has 0 aromatic carbocycles. The van der Waals surface area contributed by atoms with Crippen LogP contribution in [0.25, 0.3) is 4.85 Å². The average molecular weight is 338 g/mol. The predicted octanol–water partition coefficient (Wildman–Crippen LogP) is 3.81. The largest absolute Gasteiger partial charge is 0.469 e. The number of nitrogens with zero attached hydrogens (tertiary/aromatic N) is 2. The summed E-state index contributed by atoms with van der Waals surface area (Å²) < 4.78 is 19.1. The molecule has 0 amide bonds. The average Bonchev–Trinajstić information content (AvgIpc) is 2.58. The van der Waals surface area contributed by atoms with E-state index in [1.807, 2.05) is 0 Å². The highest BCUT2D eigenvalue weighted by molar-refractivity contribution is 6.32. The molecule has 3 saturated carbocycles. The van der Waals surface area contributed by atoms with Crippen molar-refractivity contribution in [1.29, 1.82) is 0 Å². The van der Waals surface area contributed by atoms with Crippen molar-refractivity contribution in [3.05, 3.63) is 28.5 Å². The molecule has 5 nitrogen and oxygen atoms in total. The minimum Gasteiger partial charge on any atom is -0.469 e.